The summed E-state index contributed by atoms with van der Waals surface area (Å²) in [5.74, 6) is -1.25. The first-order chi connectivity index (χ1) is 13.2. The van der Waals surface area contributed by atoms with E-state index in [0.29, 0.717) is 10.6 Å². The molecule has 1 aliphatic heterocycles. The smallest absolute Gasteiger partial charge is 0.341 e. The van der Waals surface area contributed by atoms with E-state index in [9.17, 15) is 14.4 Å². The van der Waals surface area contributed by atoms with E-state index in [1.165, 1.54) is 28.0 Å². The first-order valence-corrected chi connectivity index (χ1v) is 10.5. The van der Waals surface area contributed by atoms with Crippen LogP contribution in [0, 0.1) is 13.8 Å². The molecule has 1 N–H and O–H groups in total. The van der Waals surface area contributed by atoms with Crippen LogP contribution in [0.1, 0.15) is 34.6 Å². The second-order valence-electron chi connectivity index (χ2n) is 6.63. The summed E-state index contributed by atoms with van der Waals surface area (Å²) in [6.45, 7) is 7.29. The zero-order chi connectivity index (χ0) is 20.6. The lowest BCUT2D eigenvalue weighted by molar-refractivity contribution is -0.128. The van der Waals surface area contributed by atoms with E-state index in [1.54, 1.807) is 20.9 Å². The Balaban J connectivity index is 1.95. The molecule has 1 aromatic carbocycles. The number of rotatable bonds is 4. The lowest BCUT2D eigenvalue weighted by Crippen LogP contribution is -2.53. The van der Waals surface area contributed by atoms with Crippen molar-refractivity contribution in [1.29, 1.82) is 0 Å². The number of thioether (sulfide) groups is 1. The number of thiophene rings is 1. The molecular formula is C20H22N2O4S2. The number of benzene rings is 1. The summed E-state index contributed by atoms with van der Waals surface area (Å²) in [5, 5.41) is 3.23. The number of anilines is 2. The predicted octanol–water partition coefficient (Wildman–Crippen LogP) is 4.01. The van der Waals surface area contributed by atoms with Gasteiger partial charge in [0.05, 0.1) is 17.9 Å². The average molecular weight is 419 g/mol. The summed E-state index contributed by atoms with van der Waals surface area (Å²) in [4.78, 5) is 41.8. The summed E-state index contributed by atoms with van der Waals surface area (Å²) in [5.41, 5.74) is 1.90. The Kier molecular flexibility index (Phi) is 5.54. The molecule has 1 atom stereocenters. The molecule has 0 saturated heterocycles. The maximum absolute atomic E-state index is 13.2. The van der Waals surface area contributed by atoms with Crippen molar-refractivity contribution in [2.45, 2.75) is 37.3 Å². The monoisotopic (exact) mass is 418 g/mol. The van der Waals surface area contributed by atoms with Crippen LogP contribution in [0.5, 0.6) is 0 Å². The summed E-state index contributed by atoms with van der Waals surface area (Å²) in [6, 6.07) is 7.47. The van der Waals surface area contributed by atoms with Crippen molar-refractivity contribution >= 4 is 51.6 Å². The number of fused-ring (bicyclic) bond motifs is 1. The topological polar surface area (TPSA) is 75.7 Å². The number of esters is 1. The van der Waals surface area contributed by atoms with Crippen LogP contribution in [0.4, 0.5) is 10.7 Å². The number of hydrogen-bond acceptors (Lipinski definition) is 6. The van der Waals surface area contributed by atoms with E-state index in [-0.39, 0.29) is 12.5 Å². The molecule has 0 spiro atoms. The van der Waals surface area contributed by atoms with Gasteiger partial charge >= 0.3 is 5.97 Å². The molecule has 28 heavy (non-hydrogen) atoms. The highest BCUT2D eigenvalue weighted by Crippen LogP contribution is 2.45. The molecule has 0 bridgehead atoms. The van der Waals surface area contributed by atoms with Gasteiger partial charge in [0.15, 0.2) is 4.75 Å². The molecule has 8 heteroatoms. The quantitative estimate of drug-likeness (QED) is 0.600. The Morgan fingerprint density at radius 1 is 1.25 bits per heavy atom. The summed E-state index contributed by atoms with van der Waals surface area (Å²) in [6.07, 6.45) is 0. The molecule has 1 unspecified atom stereocenters. The van der Waals surface area contributed by atoms with Gasteiger partial charge in [0, 0.05) is 16.8 Å². The van der Waals surface area contributed by atoms with Crippen LogP contribution in [0.3, 0.4) is 0 Å². The summed E-state index contributed by atoms with van der Waals surface area (Å²) in [7, 11) is 1.66. The van der Waals surface area contributed by atoms with Crippen LogP contribution in [0.25, 0.3) is 0 Å². The molecule has 2 heterocycles. The Morgan fingerprint density at radius 2 is 1.93 bits per heavy atom. The van der Waals surface area contributed by atoms with Crippen molar-refractivity contribution in [3.05, 3.63) is 40.3 Å². The van der Waals surface area contributed by atoms with E-state index in [1.807, 2.05) is 38.1 Å². The third-order valence-corrected chi connectivity index (χ3v) is 7.23. The predicted molar refractivity (Wildman–Crippen MR) is 112 cm³/mol. The summed E-state index contributed by atoms with van der Waals surface area (Å²) >= 11 is 2.53. The largest absolute Gasteiger partial charge is 0.462 e. The van der Waals surface area contributed by atoms with Crippen molar-refractivity contribution in [2.75, 3.05) is 23.9 Å². The SMILES string of the molecule is CCOC(=O)c1c(NC(=O)C2(C)Sc3ccccc3N(C)C2=O)sc(C)c1C. The molecule has 0 radical (unpaired) electrons. The molecule has 3 rings (SSSR count). The van der Waals surface area contributed by atoms with E-state index in [0.717, 1.165) is 21.0 Å². The van der Waals surface area contributed by atoms with E-state index >= 15 is 0 Å². The molecule has 6 nitrogen and oxygen atoms in total. The number of nitrogens with one attached hydrogen (secondary N) is 1. The average Bonchev–Trinajstić information content (AvgIpc) is 2.93. The Labute approximate surface area is 172 Å². The molecule has 2 aromatic rings. The van der Waals surface area contributed by atoms with Gasteiger partial charge in [0.1, 0.15) is 5.00 Å². The number of hydrogen-bond donors (Lipinski definition) is 1. The highest BCUT2D eigenvalue weighted by molar-refractivity contribution is 8.02. The highest BCUT2D eigenvalue weighted by Gasteiger charge is 2.48. The van der Waals surface area contributed by atoms with Crippen molar-refractivity contribution in [3.63, 3.8) is 0 Å². The molecule has 0 saturated carbocycles. The molecule has 1 aromatic heterocycles. The van der Waals surface area contributed by atoms with Crippen LogP contribution >= 0.6 is 23.1 Å². The zero-order valence-corrected chi connectivity index (χ0v) is 18.0. The van der Waals surface area contributed by atoms with Crippen LogP contribution < -0.4 is 10.2 Å². The van der Waals surface area contributed by atoms with Gasteiger partial charge in [-0.15, -0.1) is 11.3 Å². The number of carbonyl (C=O) groups excluding carboxylic acids is 3. The molecule has 0 aliphatic carbocycles. The fourth-order valence-corrected chi connectivity index (χ4v) is 5.35. The highest BCUT2D eigenvalue weighted by atomic mass is 32.2. The Bertz CT molecular complexity index is 969. The maximum atomic E-state index is 13.2. The fraction of sp³-hybridized carbons (Fsp3) is 0.350. The normalized spacial score (nSPS) is 18.6. The van der Waals surface area contributed by atoms with Gasteiger partial charge in [-0.05, 0) is 45.4 Å². The molecular weight excluding hydrogens is 396 g/mol. The van der Waals surface area contributed by atoms with Gasteiger partial charge in [0.2, 0.25) is 0 Å². The zero-order valence-electron chi connectivity index (χ0n) is 16.4. The Hall–Kier alpha value is -2.32. The van der Waals surface area contributed by atoms with Crippen LogP contribution in [0.2, 0.25) is 0 Å². The van der Waals surface area contributed by atoms with Gasteiger partial charge in [-0.2, -0.15) is 0 Å². The minimum atomic E-state index is -1.35. The van der Waals surface area contributed by atoms with Crippen molar-refractivity contribution in [1.82, 2.24) is 0 Å². The van der Waals surface area contributed by atoms with E-state index < -0.39 is 16.6 Å². The maximum Gasteiger partial charge on any atom is 0.341 e. The van der Waals surface area contributed by atoms with E-state index in [4.69, 9.17) is 4.74 Å². The van der Waals surface area contributed by atoms with Crippen molar-refractivity contribution in [3.8, 4) is 0 Å². The third kappa shape index (κ3) is 3.31. The number of aryl methyl sites for hydroxylation is 1. The second-order valence-corrected chi connectivity index (χ2v) is 9.31. The first-order valence-electron chi connectivity index (χ1n) is 8.85. The molecule has 2 amide bonds. The standard InChI is InChI=1S/C20H22N2O4S2/c1-6-26-17(23)15-11(2)12(3)27-16(15)21-18(24)20(4)19(25)22(5)13-9-7-8-10-14(13)28-20/h7-10H,6H2,1-5H3,(H,21,24). The van der Waals surface area contributed by atoms with Crippen molar-refractivity contribution in [2.24, 2.45) is 0 Å². The number of ether oxygens (including phenoxy) is 1. The summed E-state index contributed by atoms with van der Waals surface area (Å²) < 4.78 is 3.79. The number of nitrogens with zero attached hydrogens (tertiary/aromatic N) is 1. The number of para-hydroxylation sites is 1. The fourth-order valence-electron chi connectivity index (χ4n) is 3.04. The minimum Gasteiger partial charge on any atom is -0.462 e. The molecule has 1 aliphatic rings. The van der Waals surface area contributed by atoms with Gasteiger partial charge in [-0.1, -0.05) is 23.9 Å². The number of amides is 2. The van der Waals surface area contributed by atoms with Crippen LogP contribution in [0.15, 0.2) is 29.2 Å². The van der Waals surface area contributed by atoms with Crippen LogP contribution in [-0.4, -0.2) is 36.2 Å². The number of carbonyl (C=O) groups is 3. The van der Waals surface area contributed by atoms with Gasteiger partial charge in [-0.3, -0.25) is 9.59 Å². The van der Waals surface area contributed by atoms with E-state index in [2.05, 4.69) is 5.32 Å². The van der Waals surface area contributed by atoms with Crippen LogP contribution in [-0.2, 0) is 14.3 Å². The van der Waals surface area contributed by atoms with Gasteiger partial charge < -0.3 is 15.0 Å². The van der Waals surface area contributed by atoms with Gasteiger partial charge in [0.25, 0.3) is 11.8 Å². The lowest BCUT2D eigenvalue weighted by atomic mass is 10.1. The molecule has 148 valence electrons. The molecule has 0 fully saturated rings. The van der Waals surface area contributed by atoms with Gasteiger partial charge in [-0.25, -0.2) is 4.79 Å². The second kappa shape index (κ2) is 7.60. The lowest BCUT2D eigenvalue weighted by Gasteiger charge is -2.36. The Morgan fingerprint density at radius 3 is 2.61 bits per heavy atom. The minimum absolute atomic E-state index is 0.244. The van der Waals surface area contributed by atoms with Crippen molar-refractivity contribution < 1.29 is 19.1 Å². The first kappa shape index (κ1) is 20.4. The third-order valence-electron chi connectivity index (χ3n) is 4.78.